The number of fused-ring (bicyclic) bond motifs is 4. The van der Waals surface area contributed by atoms with Crippen LogP contribution in [0.1, 0.15) is 65.0 Å². The van der Waals surface area contributed by atoms with Gasteiger partial charge in [-0.2, -0.15) is 0 Å². The predicted octanol–water partition coefficient (Wildman–Crippen LogP) is 1.77. The van der Waals surface area contributed by atoms with Crippen molar-refractivity contribution in [2.24, 2.45) is 22.2 Å². The molecule has 0 bridgehead atoms. The monoisotopic (exact) mass is 528 g/mol. The fourth-order valence-corrected chi connectivity index (χ4v) is 6.52. The van der Waals surface area contributed by atoms with Crippen molar-refractivity contribution >= 4 is 0 Å². The summed E-state index contributed by atoms with van der Waals surface area (Å²) in [6, 6.07) is 18.2. The van der Waals surface area contributed by atoms with E-state index in [1.54, 1.807) is 5.57 Å². The summed E-state index contributed by atoms with van der Waals surface area (Å²) in [7, 11) is 0. The first kappa shape index (κ1) is 26.6. The van der Waals surface area contributed by atoms with Crippen LogP contribution in [0.4, 0.5) is 0 Å². The van der Waals surface area contributed by atoms with E-state index in [-0.39, 0.29) is 67.3 Å². The van der Waals surface area contributed by atoms with Crippen molar-refractivity contribution in [3.63, 3.8) is 0 Å². The summed E-state index contributed by atoms with van der Waals surface area (Å²) in [6.07, 6.45) is 6.40. The quantitative estimate of drug-likeness (QED) is 0.528. The zero-order valence-corrected chi connectivity index (χ0v) is 23.4. The third kappa shape index (κ3) is 3.88. The summed E-state index contributed by atoms with van der Waals surface area (Å²) < 4.78 is 0. The number of hydrogen-bond acceptors (Lipinski definition) is 0. The Morgan fingerprint density at radius 3 is 1.77 bits per heavy atom. The molecule has 0 aliphatic heterocycles. The van der Waals surface area contributed by atoms with Gasteiger partial charge in [0.1, 0.15) is 0 Å². The summed E-state index contributed by atoms with van der Waals surface area (Å²) in [5, 5.41) is 0. The SMILES string of the molecule is CC(C)(C)C1=CC2C(=C1)C(C)(C)CC2(C)C1c2ccccc2-c2ccccc21.[Cl-].[Cl-].[Zr+2]. The molecule has 2 unspecified atom stereocenters. The Morgan fingerprint density at radius 1 is 0.806 bits per heavy atom. The van der Waals surface area contributed by atoms with Crippen LogP contribution in [0.2, 0.25) is 0 Å². The van der Waals surface area contributed by atoms with Crippen LogP contribution in [-0.2, 0) is 26.2 Å². The Kier molecular flexibility index (Phi) is 7.41. The van der Waals surface area contributed by atoms with E-state index in [4.69, 9.17) is 0 Å². The zero-order chi connectivity index (χ0) is 19.9. The van der Waals surface area contributed by atoms with Gasteiger partial charge in [-0.15, -0.1) is 0 Å². The van der Waals surface area contributed by atoms with Gasteiger partial charge in [0, 0.05) is 11.8 Å². The van der Waals surface area contributed by atoms with Gasteiger partial charge in [0.2, 0.25) is 0 Å². The van der Waals surface area contributed by atoms with E-state index in [2.05, 4.69) is 102 Å². The average molecular weight is 531 g/mol. The Hall–Kier alpha value is -0.617. The molecule has 0 saturated heterocycles. The molecule has 0 radical (unpaired) electrons. The molecule has 0 N–H and O–H groups in total. The smallest absolute Gasteiger partial charge is 1.00 e. The van der Waals surface area contributed by atoms with Crippen LogP contribution < -0.4 is 24.8 Å². The van der Waals surface area contributed by atoms with E-state index >= 15 is 0 Å². The van der Waals surface area contributed by atoms with Crippen molar-refractivity contribution in [1.29, 1.82) is 0 Å². The first-order chi connectivity index (χ1) is 13.1. The summed E-state index contributed by atoms with van der Waals surface area (Å²) in [5.41, 5.74) is 9.77. The number of hydrogen-bond donors (Lipinski definition) is 0. The minimum atomic E-state index is 0. The Morgan fingerprint density at radius 2 is 1.29 bits per heavy atom. The third-order valence-electron chi connectivity index (χ3n) is 7.67. The summed E-state index contributed by atoms with van der Waals surface area (Å²) in [5.74, 6) is 0.992. The number of allylic oxidation sites excluding steroid dienone is 4. The molecule has 0 heterocycles. The summed E-state index contributed by atoms with van der Waals surface area (Å²) >= 11 is 0. The van der Waals surface area contributed by atoms with Crippen molar-refractivity contribution < 1.29 is 51.0 Å². The third-order valence-corrected chi connectivity index (χ3v) is 7.67. The van der Waals surface area contributed by atoms with Gasteiger partial charge in [-0.1, -0.05) is 108 Å². The van der Waals surface area contributed by atoms with Gasteiger partial charge in [-0.3, -0.25) is 0 Å². The van der Waals surface area contributed by atoms with E-state index < -0.39 is 0 Å². The fourth-order valence-electron chi connectivity index (χ4n) is 6.52. The standard InChI is InChI=1S/C28H32.2ClH.Zr/c1-26(2,3)18-15-23-24(16-18)28(6,17-27(23,4)5)25-21-13-9-7-11-19(21)20-12-8-10-14-22(20)25;;;/h7-16,24-25H,17H2,1-6H3;2*1H;/q;;;+2/p-2. The van der Waals surface area contributed by atoms with Crippen LogP contribution in [0.3, 0.4) is 0 Å². The molecule has 2 aromatic carbocycles. The van der Waals surface area contributed by atoms with Crippen LogP contribution in [-0.4, -0.2) is 0 Å². The molecule has 0 nitrogen and oxygen atoms in total. The molecule has 1 fully saturated rings. The molecule has 2 atom stereocenters. The van der Waals surface area contributed by atoms with Crippen molar-refractivity contribution in [1.82, 2.24) is 0 Å². The zero-order valence-electron chi connectivity index (χ0n) is 19.4. The molecule has 162 valence electrons. The van der Waals surface area contributed by atoms with Gasteiger partial charge in [-0.05, 0) is 50.5 Å². The molecule has 0 amide bonds. The predicted molar refractivity (Wildman–Crippen MR) is 119 cm³/mol. The molecule has 3 aliphatic rings. The maximum atomic E-state index is 2.62. The Labute approximate surface area is 219 Å². The second kappa shape index (κ2) is 8.63. The number of benzene rings is 2. The minimum absolute atomic E-state index is 0. The van der Waals surface area contributed by atoms with Crippen LogP contribution in [0.5, 0.6) is 0 Å². The second-order valence-electron chi connectivity index (χ2n) is 11.1. The van der Waals surface area contributed by atoms with Gasteiger partial charge in [-0.25, -0.2) is 0 Å². The summed E-state index contributed by atoms with van der Waals surface area (Å²) in [4.78, 5) is 0. The van der Waals surface area contributed by atoms with E-state index in [1.165, 1.54) is 34.2 Å². The average Bonchev–Trinajstić information content (AvgIpc) is 3.26. The number of halogens is 2. The maximum Gasteiger partial charge on any atom is 2.00 e. The van der Waals surface area contributed by atoms with Crippen LogP contribution in [0, 0.1) is 22.2 Å². The normalized spacial score (nSPS) is 25.2. The Bertz CT molecular complexity index is 995. The molecule has 2 aromatic rings. The minimum Gasteiger partial charge on any atom is -1.00 e. The van der Waals surface area contributed by atoms with Gasteiger partial charge in [0.15, 0.2) is 0 Å². The number of rotatable bonds is 1. The van der Waals surface area contributed by atoms with Crippen molar-refractivity contribution in [3.8, 4) is 11.1 Å². The molecule has 31 heavy (non-hydrogen) atoms. The molecular weight excluding hydrogens is 498 g/mol. The molecule has 3 aliphatic carbocycles. The van der Waals surface area contributed by atoms with E-state index in [9.17, 15) is 0 Å². The van der Waals surface area contributed by atoms with Crippen LogP contribution in [0.15, 0.2) is 71.8 Å². The first-order valence-electron chi connectivity index (χ1n) is 10.8. The topological polar surface area (TPSA) is 0 Å². The molecule has 1 saturated carbocycles. The molecule has 5 rings (SSSR count). The van der Waals surface area contributed by atoms with E-state index in [1.807, 2.05) is 0 Å². The van der Waals surface area contributed by atoms with Gasteiger partial charge in [0.25, 0.3) is 0 Å². The fraction of sp³-hybridized carbons (Fsp3) is 0.429. The Balaban J connectivity index is 0.00000114. The van der Waals surface area contributed by atoms with Crippen LogP contribution in [0.25, 0.3) is 11.1 Å². The van der Waals surface area contributed by atoms with Gasteiger partial charge in [0.05, 0.1) is 0 Å². The first-order valence-corrected chi connectivity index (χ1v) is 10.8. The molecule has 3 heteroatoms. The van der Waals surface area contributed by atoms with Gasteiger partial charge < -0.3 is 24.8 Å². The van der Waals surface area contributed by atoms with E-state index in [0.717, 1.165) is 0 Å². The maximum absolute atomic E-state index is 2.62. The van der Waals surface area contributed by atoms with Crippen molar-refractivity contribution in [3.05, 3.63) is 83.0 Å². The van der Waals surface area contributed by atoms with Crippen LogP contribution >= 0.6 is 0 Å². The van der Waals surface area contributed by atoms with Crippen molar-refractivity contribution in [2.75, 3.05) is 0 Å². The van der Waals surface area contributed by atoms with Crippen molar-refractivity contribution in [2.45, 2.75) is 53.9 Å². The molecular formula is C28H32Cl2Zr. The molecule has 0 aromatic heterocycles. The largest absolute Gasteiger partial charge is 2.00 e. The van der Waals surface area contributed by atoms with E-state index in [0.29, 0.717) is 11.8 Å². The second-order valence-corrected chi connectivity index (χ2v) is 11.1. The molecule has 0 spiro atoms. The summed E-state index contributed by atoms with van der Waals surface area (Å²) in [6.45, 7) is 14.5. The van der Waals surface area contributed by atoms with Gasteiger partial charge >= 0.3 is 26.2 Å².